The molecule has 2 rings (SSSR count). The van der Waals surface area contributed by atoms with E-state index in [0.29, 0.717) is 5.56 Å². The lowest BCUT2D eigenvalue weighted by atomic mass is 9.93. The molecule has 0 bridgehead atoms. The van der Waals surface area contributed by atoms with Crippen LogP contribution in [0, 0.1) is 33.5 Å². The molecule has 0 aliphatic carbocycles. The van der Waals surface area contributed by atoms with Gasteiger partial charge in [0.25, 0.3) is 0 Å². The van der Waals surface area contributed by atoms with Gasteiger partial charge >= 0.3 is 0 Å². The summed E-state index contributed by atoms with van der Waals surface area (Å²) in [5.41, 5.74) is 4.89. The van der Waals surface area contributed by atoms with E-state index in [9.17, 15) is 14.0 Å². The minimum atomic E-state index is -0.648. The van der Waals surface area contributed by atoms with Crippen molar-refractivity contribution in [2.75, 3.05) is 6.61 Å². The molecular weight excluding hydrogens is 307 g/mol. The number of carbonyl (C=O) groups excluding carboxylic acids is 2. The van der Waals surface area contributed by atoms with E-state index in [1.165, 1.54) is 24.6 Å². The van der Waals surface area contributed by atoms with E-state index in [-0.39, 0.29) is 29.5 Å². The van der Waals surface area contributed by atoms with Crippen molar-refractivity contribution in [2.45, 2.75) is 34.6 Å². The molecule has 4 heteroatoms. The van der Waals surface area contributed by atoms with Gasteiger partial charge in [0.05, 0.1) is 5.56 Å². The summed E-state index contributed by atoms with van der Waals surface area (Å²) in [7, 11) is 0. The van der Waals surface area contributed by atoms with Gasteiger partial charge in [0, 0.05) is 11.6 Å². The molecule has 0 atom stereocenters. The van der Waals surface area contributed by atoms with Gasteiger partial charge in [0.15, 0.2) is 18.2 Å². The van der Waals surface area contributed by atoms with Crippen LogP contribution < -0.4 is 4.74 Å². The van der Waals surface area contributed by atoms with Crippen molar-refractivity contribution >= 4 is 11.6 Å². The normalized spacial score (nSPS) is 10.6. The molecule has 0 amide bonds. The molecule has 0 saturated carbocycles. The van der Waals surface area contributed by atoms with E-state index in [1.54, 1.807) is 0 Å². The SMILES string of the molecule is CC(=O)c1ccc(OCC(=O)c2cc(C)c(C)c(C)c2C)cc1F. The Balaban J connectivity index is 2.17. The molecule has 2 aromatic carbocycles. The van der Waals surface area contributed by atoms with E-state index < -0.39 is 5.82 Å². The lowest BCUT2D eigenvalue weighted by molar-refractivity contribution is 0.0919. The second kappa shape index (κ2) is 6.95. The number of halogens is 1. The summed E-state index contributed by atoms with van der Waals surface area (Å²) in [5, 5.41) is 0. The van der Waals surface area contributed by atoms with Crippen molar-refractivity contribution in [1.29, 1.82) is 0 Å². The van der Waals surface area contributed by atoms with Crippen LogP contribution in [0.2, 0.25) is 0 Å². The van der Waals surface area contributed by atoms with Gasteiger partial charge < -0.3 is 4.74 Å². The number of hydrogen-bond acceptors (Lipinski definition) is 3. The standard InChI is InChI=1S/C20H21FO3/c1-11-8-18(14(4)13(3)12(11)2)20(23)10-24-16-6-7-17(15(5)22)19(21)9-16/h6-9H,10H2,1-5H3. The minimum Gasteiger partial charge on any atom is -0.485 e. The van der Waals surface area contributed by atoms with Crippen molar-refractivity contribution in [3.05, 3.63) is 63.5 Å². The highest BCUT2D eigenvalue weighted by atomic mass is 19.1. The Labute approximate surface area is 141 Å². The maximum absolute atomic E-state index is 13.8. The number of ketones is 2. The van der Waals surface area contributed by atoms with Crippen LogP contribution in [-0.4, -0.2) is 18.2 Å². The van der Waals surface area contributed by atoms with Gasteiger partial charge in [-0.15, -0.1) is 0 Å². The molecule has 0 aliphatic heterocycles. The molecule has 3 nitrogen and oxygen atoms in total. The summed E-state index contributed by atoms with van der Waals surface area (Å²) < 4.78 is 19.2. The van der Waals surface area contributed by atoms with Crippen LogP contribution in [0.4, 0.5) is 4.39 Å². The Kier molecular flexibility index (Phi) is 5.17. The van der Waals surface area contributed by atoms with Gasteiger partial charge in [-0.25, -0.2) is 4.39 Å². The van der Waals surface area contributed by atoms with Gasteiger partial charge in [0.1, 0.15) is 11.6 Å². The summed E-state index contributed by atoms with van der Waals surface area (Å²) in [6.45, 7) is 9.02. The number of ether oxygens (including phenoxy) is 1. The Hall–Kier alpha value is -2.49. The molecule has 0 aliphatic rings. The molecule has 0 N–H and O–H groups in total. The van der Waals surface area contributed by atoms with E-state index >= 15 is 0 Å². The van der Waals surface area contributed by atoms with Crippen LogP contribution in [0.1, 0.15) is 49.9 Å². The largest absolute Gasteiger partial charge is 0.485 e. The van der Waals surface area contributed by atoms with Crippen molar-refractivity contribution in [1.82, 2.24) is 0 Å². The third-order valence-electron chi connectivity index (χ3n) is 4.47. The predicted octanol–water partition coefficient (Wildman–Crippen LogP) is 4.52. The molecule has 0 saturated heterocycles. The second-order valence-corrected chi connectivity index (χ2v) is 6.03. The Morgan fingerprint density at radius 2 is 1.62 bits per heavy atom. The highest BCUT2D eigenvalue weighted by Crippen LogP contribution is 2.22. The van der Waals surface area contributed by atoms with Crippen LogP contribution in [0.15, 0.2) is 24.3 Å². The molecule has 0 heterocycles. The van der Waals surface area contributed by atoms with E-state index in [4.69, 9.17) is 4.74 Å². The zero-order valence-electron chi connectivity index (χ0n) is 14.6. The summed E-state index contributed by atoms with van der Waals surface area (Å²) >= 11 is 0. The van der Waals surface area contributed by atoms with Crippen molar-refractivity contribution in [3.63, 3.8) is 0 Å². The van der Waals surface area contributed by atoms with Crippen molar-refractivity contribution < 1.29 is 18.7 Å². The minimum absolute atomic E-state index is 0.00862. The zero-order chi connectivity index (χ0) is 18.0. The summed E-state index contributed by atoms with van der Waals surface area (Å²) in [5.74, 6) is -0.930. The maximum Gasteiger partial charge on any atom is 0.200 e. The first-order valence-electron chi connectivity index (χ1n) is 7.76. The van der Waals surface area contributed by atoms with Gasteiger partial charge in [-0.05, 0) is 75.1 Å². The van der Waals surface area contributed by atoms with Crippen LogP contribution in [0.3, 0.4) is 0 Å². The van der Waals surface area contributed by atoms with Crippen LogP contribution in [0.5, 0.6) is 5.75 Å². The average molecular weight is 328 g/mol. The molecule has 0 unspecified atom stereocenters. The van der Waals surface area contributed by atoms with E-state index in [2.05, 4.69) is 0 Å². The smallest absolute Gasteiger partial charge is 0.200 e. The van der Waals surface area contributed by atoms with Crippen LogP contribution >= 0.6 is 0 Å². The average Bonchev–Trinajstić information content (AvgIpc) is 2.53. The zero-order valence-corrected chi connectivity index (χ0v) is 14.6. The first-order valence-corrected chi connectivity index (χ1v) is 7.76. The highest BCUT2D eigenvalue weighted by molar-refractivity contribution is 5.99. The van der Waals surface area contributed by atoms with Gasteiger partial charge in [0.2, 0.25) is 0 Å². The topological polar surface area (TPSA) is 43.4 Å². The fraction of sp³-hybridized carbons (Fsp3) is 0.300. The Bertz CT molecular complexity index is 822. The summed E-state index contributed by atoms with van der Waals surface area (Å²) in [6, 6.07) is 5.85. The first-order chi connectivity index (χ1) is 11.2. The van der Waals surface area contributed by atoms with Crippen LogP contribution in [-0.2, 0) is 0 Å². The lowest BCUT2D eigenvalue weighted by Crippen LogP contribution is -2.14. The molecule has 0 fully saturated rings. The number of hydrogen-bond donors (Lipinski definition) is 0. The van der Waals surface area contributed by atoms with Gasteiger partial charge in [-0.1, -0.05) is 0 Å². The molecule has 126 valence electrons. The molecule has 24 heavy (non-hydrogen) atoms. The highest BCUT2D eigenvalue weighted by Gasteiger charge is 2.15. The van der Waals surface area contributed by atoms with Gasteiger partial charge in [-0.3, -0.25) is 9.59 Å². The lowest BCUT2D eigenvalue weighted by Gasteiger charge is -2.14. The summed E-state index contributed by atoms with van der Waals surface area (Å²) in [6.07, 6.45) is 0. The second-order valence-electron chi connectivity index (χ2n) is 6.03. The fourth-order valence-electron chi connectivity index (χ4n) is 2.60. The number of Topliss-reactive ketones (excluding diaryl/α,β-unsaturated/α-hetero) is 2. The molecule has 0 spiro atoms. The van der Waals surface area contributed by atoms with Gasteiger partial charge in [-0.2, -0.15) is 0 Å². The van der Waals surface area contributed by atoms with E-state index in [1.807, 2.05) is 33.8 Å². The van der Waals surface area contributed by atoms with Crippen molar-refractivity contribution in [2.24, 2.45) is 0 Å². The van der Waals surface area contributed by atoms with Crippen LogP contribution in [0.25, 0.3) is 0 Å². The Morgan fingerprint density at radius 3 is 2.21 bits per heavy atom. The molecule has 0 aromatic heterocycles. The number of benzene rings is 2. The van der Waals surface area contributed by atoms with Crippen molar-refractivity contribution in [3.8, 4) is 5.75 Å². The summed E-state index contributed by atoms with van der Waals surface area (Å²) in [4.78, 5) is 23.7. The first kappa shape index (κ1) is 17.9. The quantitative estimate of drug-likeness (QED) is 0.758. The number of aryl methyl sites for hydroxylation is 1. The molecule has 0 radical (unpaired) electrons. The van der Waals surface area contributed by atoms with E-state index in [0.717, 1.165) is 22.8 Å². The molecular formula is C20H21FO3. The maximum atomic E-state index is 13.8. The third kappa shape index (κ3) is 3.53. The number of rotatable bonds is 5. The number of carbonyl (C=O) groups is 2. The predicted molar refractivity (Wildman–Crippen MR) is 91.6 cm³/mol. The third-order valence-corrected chi connectivity index (χ3v) is 4.47. The molecule has 2 aromatic rings. The fourth-order valence-corrected chi connectivity index (χ4v) is 2.60. The Morgan fingerprint density at radius 1 is 0.958 bits per heavy atom. The monoisotopic (exact) mass is 328 g/mol.